The van der Waals surface area contributed by atoms with Crippen molar-refractivity contribution >= 4 is 5.82 Å². The molecule has 0 aliphatic heterocycles. The minimum absolute atomic E-state index is 0.291. The van der Waals surface area contributed by atoms with Crippen LogP contribution >= 0.6 is 0 Å². The van der Waals surface area contributed by atoms with Gasteiger partial charge in [0.15, 0.2) is 0 Å². The summed E-state index contributed by atoms with van der Waals surface area (Å²) in [6, 6.07) is 1.85. The van der Waals surface area contributed by atoms with Crippen molar-refractivity contribution in [1.82, 2.24) is 14.9 Å². The van der Waals surface area contributed by atoms with Crippen molar-refractivity contribution in [1.29, 1.82) is 0 Å². The Kier molecular flexibility index (Phi) is 5.85. The second-order valence-electron chi connectivity index (χ2n) is 4.77. The van der Waals surface area contributed by atoms with Crippen molar-refractivity contribution in [2.45, 2.75) is 26.7 Å². The van der Waals surface area contributed by atoms with E-state index in [9.17, 15) is 0 Å². The van der Waals surface area contributed by atoms with Gasteiger partial charge in [-0.25, -0.2) is 4.98 Å². The number of likely N-dealkylation sites (N-methyl/N-ethyl adjacent to an activating group) is 1. The lowest BCUT2D eigenvalue weighted by atomic mass is 10.2. The van der Waals surface area contributed by atoms with Gasteiger partial charge in [0, 0.05) is 25.1 Å². The number of nitrogens with one attached hydrogen (secondary N) is 1. The third kappa shape index (κ3) is 4.87. The van der Waals surface area contributed by atoms with Gasteiger partial charge in [0.2, 0.25) is 5.88 Å². The number of hydrogen-bond acceptors (Lipinski definition) is 5. The van der Waals surface area contributed by atoms with E-state index in [2.05, 4.69) is 34.0 Å². The van der Waals surface area contributed by atoms with Crippen LogP contribution in [0.2, 0.25) is 0 Å². The molecule has 0 fully saturated rings. The summed E-state index contributed by atoms with van der Waals surface area (Å²) < 4.78 is 5.46. The first kappa shape index (κ1) is 14.7. The molecular formula is C13H24N4O. The average Bonchev–Trinajstić information content (AvgIpc) is 2.28. The predicted octanol–water partition coefficient (Wildman–Crippen LogP) is 1.97. The van der Waals surface area contributed by atoms with Gasteiger partial charge in [-0.1, -0.05) is 13.8 Å². The Labute approximate surface area is 110 Å². The molecule has 0 unspecified atom stereocenters. The molecule has 0 radical (unpaired) electrons. The smallest absolute Gasteiger partial charge is 0.218 e. The maximum Gasteiger partial charge on any atom is 0.218 e. The van der Waals surface area contributed by atoms with Gasteiger partial charge < -0.3 is 15.0 Å². The largest absolute Gasteiger partial charge is 0.478 e. The number of nitrogens with zero attached hydrogens (tertiary/aromatic N) is 3. The molecule has 0 atom stereocenters. The lowest BCUT2D eigenvalue weighted by Crippen LogP contribution is -2.21. The van der Waals surface area contributed by atoms with E-state index < -0.39 is 0 Å². The van der Waals surface area contributed by atoms with Gasteiger partial charge in [-0.15, -0.1) is 0 Å². The van der Waals surface area contributed by atoms with Gasteiger partial charge in [0.1, 0.15) is 11.6 Å². The Morgan fingerprint density at radius 2 is 2.06 bits per heavy atom. The molecule has 0 spiro atoms. The lowest BCUT2D eigenvalue weighted by molar-refractivity contribution is 0.324. The van der Waals surface area contributed by atoms with E-state index in [1.807, 2.05) is 27.1 Å². The van der Waals surface area contributed by atoms with Gasteiger partial charge in [-0.3, -0.25) is 0 Å². The maximum atomic E-state index is 5.46. The van der Waals surface area contributed by atoms with Gasteiger partial charge in [0.05, 0.1) is 6.61 Å². The van der Waals surface area contributed by atoms with E-state index in [1.165, 1.54) is 0 Å². The standard InChI is InChI=1S/C13H24N4O/c1-6-18-12-9-11(14-7-8-17(4)5)15-13(16-12)10(2)3/h9-10H,6-8H2,1-5H3,(H,14,15,16). The van der Waals surface area contributed by atoms with Crippen molar-refractivity contribution < 1.29 is 4.74 Å². The fraction of sp³-hybridized carbons (Fsp3) is 0.692. The van der Waals surface area contributed by atoms with Crippen molar-refractivity contribution in [3.63, 3.8) is 0 Å². The zero-order chi connectivity index (χ0) is 13.5. The van der Waals surface area contributed by atoms with Crippen LogP contribution in [-0.4, -0.2) is 48.7 Å². The molecule has 5 nitrogen and oxygen atoms in total. The first-order valence-corrected chi connectivity index (χ1v) is 6.43. The Hall–Kier alpha value is -1.36. The van der Waals surface area contributed by atoms with E-state index in [4.69, 9.17) is 4.74 Å². The zero-order valence-electron chi connectivity index (χ0n) is 12.0. The number of rotatable bonds is 7. The van der Waals surface area contributed by atoms with E-state index in [0.717, 1.165) is 24.7 Å². The molecule has 0 aliphatic carbocycles. The summed E-state index contributed by atoms with van der Waals surface area (Å²) >= 11 is 0. The second-order valence-corrected chi connectivity index (χ2v) is 4.77. The van der Waals surface area contributed by atoms with Gasteiger partial charge in [-0.2, -0.15) is 4.98 Å². The summed E-state index contributed by atoms with van der Waals surface area (Å²) in [4.78, 5) is 11.0. The minimum atomic E-state index is 0.291. The van der Waals surface area contributed by atoms with Gasteiger partial charge in [0.25, 0.3) is 0 Å². The van der Waals surface area contributed by atoms with E-state index >= 15 is 0 Å². The molecule has 0 bridgehead atoms. The Morgan fingerprint density at radius 1 is 1.33 bits per heavy atom. The SMILES string of the molecule is CCOc1cc(NCCN(C)C)nc(C(C)C)n1. The fourth-order valence-electron chi connectivity index (χ4n) is 1.42. The third-order valence-corrected chi connectivity index (χ3v) is 2.39. The monoisotopic (exact) mass is 252 g/mol. The fourth-order valence-corrected chi connectivity index (χ4v) is 1.42. The van der Waals surface area contributed by atoms with Crippen LogP contribution < -0.4 is 10.1 Å². The predicted molar refractivity (Wildman–Crippen MR) is 74.3 cm³/mol. The van der Waals surface area contributed by atoms with Gasteiger partial charge in [-0.05, 0) is 21.0 Å². The van der Waals surface area contributed by atoms with E-state index in [0.29, 0.717) is 18.4 Å². The molecule has 0 aliphatic rings. The summed E-state index contributed by atoms with van der Waals surface area (Å²) in [5.41, 5.74) is 0. The van der Waals surface area contributed by atoms with E-state index in [-0.39, 0.29) is 0 Å². The number of ether oxygens (including phenoxy) is 1. The summed E-state index contributed by atoms with van der Waals surface area (Å²) in [6.07, 6.45) is 0. The third-order valence-electron chi connectivity index (χ3n) is 2.39. The maximum absolute atomic E-state index is 5.46. The highest BCUT2D eigenvalue weighted by Crippen LogP contribution is 2.18. The second kappa shape index (κ2) is 7.16. The summed E-state index contributed by atoms with van der Waals surface area (Å²) in [6.45, 7) is 8.55. The van der Waals surface area contributed by atoms with Crippen LogP contribution in [0, 0.1) is 0 Å². The van der Waals surface area contributed by atoms with Gasteiger partial charge >= 0.3 is 0 Å². The minimum Gasteiger partial charge on any atom is -0.478 e. The summed E-state index contributed by atoms with van der Waals surface area (Å²) in [7, 11) is 4.10. The van der Waals surface area contributed by atoms with Crippen LogP contribution in [-0.2, 0) is 0 Å². The molecule has 0 saturated heterocycles. The molecule has 1 heterocycles. The van der Waals surface area contributed by atoms with Crippen LogP contribution in [0.5, 0.6) is 5.88 Å². The molecular weight excluding hydrogens is 228 g/mol. The number of anilines is 1. The van der Waals surface area contributed by atoms with Crippen LogP contribution in [0.25, 0.3) is 0 Å². The molecule has 1 aromatic heterocycles. The molecule has 5 heteroatoms. The topological polar surface area (TPSA) is 50.3 Å². The first-order valence-electron chi connectivity index (χ1n) is 6.43. The highest BCUT2D eigenvalue weighted by atomic mass is 16.5. The molecule has 1 N–H and O–H groups in total. The molecule has 0 amide bonds. The molecule has 0 saturated carbocycles. The molecule has 1 aromatic rings. The van der Waals surface area contributed by atoms with Crippen molar-refractivity contribution in [3.05, 3.63) is 11.9 Å². The van der Waals surface area contributed by atoms with Crippen LogP contribution in [0.3, 0.4) is 0 Å². The Bertz CT molecular complexity index is 366. The van der Waals surface area contributed by atoms with Crippen molar-refractivity contribution in [2.75, 3.05) is 39.1 Å². The molecule has 0 aromatic carbocycles. The lowest BCUT2D eigenvalue weighted by Gasteiger charge is -2.13. The highest BCUT2D eigenvalue weighted by Gasteiger charge is 2.08. The summed E-state index contributed by atoms with van der Waals surface area (Å²) in [5.74, 6) is 2.58. The number of hydrogen-bond donors (Lipinski definition) is 1. The first-order chi connectivity index (χ1) is 8.52. The van der Waals surface area contributed by atoms with Crippen LogP contribution in [0.1, 0.15) is 32.5 Å². The quantitative estimate of drug-likeness (QED) is 0.804. The molecule has 18 heavy (non-hydrogen) atoms. The zero-order valence-corrected chi connectivity index (χ0v) is 12.0. The van der Waals surface area contributed by atoms with Crippen molar-refractivity contribution in [3.8, 4) is 5.88 Å². The molecule has 1 rings (SSSR count). The Morgan fingerprint density at radius 3 is 2.61 bits per heavy atom. The summed E-state index contributed by atoms with van der Waals surface area (Å²) in [5, 5.41) is 3.30. The van der Waals surface area contributed by atoms with Crippen molar-refractivity contribution in [2.24, 2.45) is 0 Å². The number of aromatic nitrogens is 2. The van der Waals surface area contributed by atoms with Crippen LogP contribution in [0.4, 0.5) is 5.82 Å². The molecule has 102 valence electrons. The average molecular weight is 252 g/mol. The highest BCUT2D eigenvalue weighted by molar-refractivity contribution is 5.38. The van der Waals surface area contributed by atoms with Crippen LogP contribution in [0.15, 0.2) is 6.07 Å². The normalized spacial score (nSPS) is 11.1. The Balaban J connectivity index is 2.75. The van der Waals surface area contributed by atoms with E-state index in [1.54, 1.807) is 0 Å².